The summed E-state index contributed by atoms with van der Waals surface area (Å²) in [4.78, 5) is 13.2. The van der Waals surface area contributed by atoms with Crippen molar-refractivity contribution in [3.63, 3.8) is 0 Å². The van der Waals surface area contributed by atoms with Gasteiger partial charge in [0, 0.05) is 23.2 Å². The maximum Gasteiger partial charge on any atom is 0.253 e. The van der Waals surface area contributed by atoms with Crippen molar-refractivity contribution in [3.05, 3.63) is 46.7 Å². The molecule has 2 aromatic rings. The Morgan fingerprint density at radius 2 is 2.33 bits per heavy atom. The van der Waals surface area contributed by atoms with Crippen molar-refractivity contribution in [1.29, 1.82) is 0 Å². The number of nitrogens with zero attached hydrogens (tertiary/aromatic N) is 2. The van der Waals surface area contributed by atoms with E-state index in [1.54, 1.807) is 41.0 Å². The minimum Gasteiger partial charge on any atom is -0.394 e. The molecule has 2 N–H and O–H groups in total. The van der Waals surface area contributed by atoms with Crippen molar-refractivity contribution in [2.24, 2.45) is 0 Å². The number of aromatic nitrogens is 2. The minimum atomic E-state index is -0.217. The van der Waals surface area contributed by atoms with Gasteiger partial charge in [-0.15, -0.1) is 11.8 Å². The van der Waals surface area contributed by atoms with Gasteiger partial charge in [0.15, 0.2) is 0 Å². The summed E-state index contributed by atoms with van der Waals surface area (Å²) in [5.74, 6) is -0.217. The molecule has 0 aliphatic rings. The zero-order valence-electron chi connectivity index (χ0n) is 11.5. The van der Waals surface area contributed by atoms with Gasteiger partial charge in [0.1, 0.15) is 0 Å². The number of carbonyl (C=O) groups excluding carboxylic acids is 1. The Hall–Kier alpha value is -1.50. The normalized spacial score (nSPS) is 10.6. The smallest absolute Gasteiger partial charge is 0.253 e. The summed E-state index contributed by atoms with van der Waals surface area (Å²) in [7, 11) is 0. The lowest BCUT2D eigenvalue weighted by Crippen LogP contribution is -2.23. The standard InChI is InChI=1S/C14H16ClN3O2S/c1-21-11-2-3-13(15)12(6-11)14(20)16-7-10-8-17-18(9-10)4-5-19/h2-3,6,8-9,19H,4-5,7H2,1H3,(H,16,20). The number of hydrogen-bond acceptors (Lipinski definition) is 4. The van der Waals surface area contributed by atoms with E-state index in [-0.39, 0.29) is 12.5 Å². The van der Waals surface area contributed by atoms with E-state index in [0.717, 1.165) is 10.5 Å². The number of halogens is 1. The fourth-order valence-electron chi connectivity index (χ4n) is 1.81. The predicted octanol–water partition coefficient (Wildman–Crippen LogP) is 2.18. The first kappa shape index (κ1) is 15.9. The van der Waals surface area contributed by atoms with Gasteiger partial charge in [-0.05, 0) is 24.5 Å². The molecule has 0 spiro atoms. The monoisotopic (exact) mass is 325 g/mol. The summed E-state index contributed by atoms with van der Waals surface area (Å²) >= 11 is 7.62. The number of thioether (sulfide) groups is 1. The molecule has 0 bridgehead atoms. The molecule has 0 saturated heterocycles. The van der Waals surface area contributed by atoms with E-state index < -0.39 is 0 Å². The molecule has 0 radical (unpaired) electrons. The van der Waals surface area contributed by atoms with Crippen LogP contribution in [0.15, 0.2) is 35.5 Å². The third-order valence-electron chi connectivity index (χ3n) is 2.89. The van der Waals surface area contributed by atoms with Crippen molar-refractivity contribution < 1.29 is 9.90 Å². The maximum absolute atomic E-state index is 12.2. The molecule has 0 aliphatic carbocycles. The Morgan fingerprint density at radius 3 is 3.05 bits per heavy atom. The molecule has 0 saturated carbocycles. The van der Waals surface area contributed by atoms with Crippen LogP contribution in [0.2, 0.25) is 5.02 Å². The van der Waals surface area contributed by atoms with Gasteiger partial charge in [-0.3, -0.25) is 9.48 Å². The molecule has 1 aromatic heterocycles. The first-order valence-corrected chi connectivity index (χ1v) is 7.98. The van der Waals surface area contributed by atoms with E-state index in [0.29, 0.717) is 23.7 Å². The fourth-order valence-corrected chi connectivity index (χ4v) is 2.45. The second-order valence-corrected chi connectivity index (χ2v) is 5.65. The van der Waals surface area contributed by atoms with Gasteiger partial charge in [-0.25, -0.2) is 0 Å². The molecular formula is C14H16ClN3O2S. The molecule has 0 aliphatic heterocycles. The number of carbonyl (C=O) groups is 1. The van der Waals surface area contributed by atoms with Crippen LogP contribution in [0.1, 0.15) is 15.9 Å². The van der Waals surface area contributed by atoms with E-state index in [4.69, 9.17) is 16.7 Å². The summed E-state index contributed by atoms with van der Waals surface area (Å²) in [5.41, 5.74) is 1.33. The van der Waals surface area contributed by atoms with Crippen LogP contribution in [-0.2, 0) is 13.1 Å². The number of amides is 1. The van der Waals surface area contributed by atoms with Crippen molar-refractivity contribution in [3.8, 4) is 0 Å². The molecule has 2 rings (SSSR count). The van der Waals surface area contributed by atoms with Gasteiger partial charge in [0.2, 0.25) is 0 Å². The molecule has 5 nitrogen and oxygen atoms in total. The van der Waals surface area contributed by atoms with E-state index in [1.165, 1.54) is 0 Å². The molecule has 0 atom stereocenters. The number of aliphatic hydroxyl groups is 1. The average Bonchev–Trinajstić information content (AvgIpc) is 2.93. The van der Waals surface area contributed by atoms with Gasteiger partial charge in [0.05, 0.1) is 29.9 Å². The van der Waals surface area contributed by atoms with Crippen LogP contribution in [-0.4, -0.2) is 33.7 Å². The largest absolute Gasteiger partial charge is 0.394 e. The van der Waals surface area contributed by atoms with Crippen molar-refractivity contribution in [2.45, 2.75) is 18.0 Å². The Balaban J connectivity index is 2.00. The summed E-state index contributed by atoms with van der Waals surface area (Å²) < 4.78 is 1.63. The number of aliphatic hydroxyl groups excluding tert-OH is 1. The molecule has 1 amide bonds. The highest BCUT2D eigenvalue weighted by atomic mass is 35.5. The molecule has 1 aromatic carbocycles. The number of rotatable bonds is 6. The summed E-state index contributed by atoms with van der Waals surface area (Å²) in [6, 6.07) is 5.38. The Morgan fingerprint density at radius 1 is 1.52 bits per heavy atom. The molecule has 21 heavy (non-hydrogen) atoms. The maximum atomic E-state index is 12.2. The van der Waals surface area contributed by atoms with E-state index >= 15 is 0 Å². The molecule has 0 unspecified atom stereocenters. The molecule has 0 fully saturated rings. The third-order valence-corrected chi connectivity index (χ3v) is 3.94. The molecule has 7 heteroatoms. The van der Waals surface area contributed by atoms with Crippen molar-refractivity contribution in [2.75, 3.05) is 12.9 Å². The highest BCUT2D eigenvalue weighted by Crippen LogP contribution is 2.22. The highest BCUT2D eigenvalue weighted by molar-refractivity contribution is 7.98. The second kappa shape index (κ2) is 7.49. The van der Waals surface area contributed by atoms with Crippen molar-refractivity contribution >= 4 is 29.3 Å². The van der Waals surface area contributed by atoms with Crippen LogP contribution >= 0.6 is 23.4 Å². The van der Waals surface area contributed by atoms with Crippen molar-refractivity contribution in [1.82, 2.24) is 15.1 Å². The van der Waals surface area contributed by atoms with Crippen LogP contribution in [0.4, 0.5) is 0 Å². The lowest BCUT2D eigenvalue weighted by molar-refractivity contribution is 0.0951. The van der Waals surface area contributed by atoms with Crippen LogP contribution in [0, 0.1) is 0 Å². The summed E-state index contributed by atoms with van der Waals surface area (Å²) in [5, 5.41) is 16.2. The second-order valence-electron chi connectivity index (χ2n) is 4.36. The Bertz CT molecular complexity index is 630. The van der Waals surface area contributed by atoms with Gasteiger partial charge < -0.3 is 10.4 Å². The molecular weight excluding hydrogens is 310 g/mol. The zero-order valence-corrected chi connectivity index (χ0v) is 13.1. The minimum absolute atomic E-state index is 0.0323. The Labute approximate surface area is 132 Å². The third kappa shape index (κ3) is 4.23. The molecule has 112 valence electrons. The van der Waals surface area contributed by atoms with Crippen LogP contribution in [0.25, 0.3) is 0 Å². The fraction of sp³-hybridized carbons (Fsp3) is 0.286. The van der Waals surface area contributed by atoms with Crippen LogP contribution in [0.5, 0.6) is 0 Å². The van der Waals surface area contributed by atoms with Gasteiger partial charge in [-0.2, -0.15) is 5.10 Å². The van der Waals surface area contributed by atoms with Crippen LogP contribution < -0.4 is 5.32 Å². The van der Waals surface area contributed by atoms with Crippen LogP contribution in [0.3, 0.4) is 0 Å². The average molecular weight is 326 g/mol. The Kier molecular flexibility index (Phi) is 5.67. The number of nitrogens with one attached hydrogen (secondary N) is 1. The number of hydrogen-bond donors (Lipinski definition) is 2. The van der Waals surface area contributed by atoms with Gasteiger partial charge in [-0.1, -0.05) is 11.6 Å². The van der Waals surface area contributed by atoms with E-state index in [1.807, 2.05) is 12.3 Å². The quantitative estimate of drug-likeness (QED) is 0.799. The zero-order chi connectivity index (χ0) is 15.2. The first-order chi connectivity index (χ1) is 10.1. The highest BCUT2D eigenvalue weighted by Gasteiger charge is 2.11. The summed E-state index contributed by atoms with van der Waals surface area (Å²) in [6.07, 6.45) is 5.40. The van der Waals surface area contributed by atoms with E-state index in [2.05, 4.69) is 10.4 Å². The number of benzene rings is 1. The molecule has 1 heterocycles. The summed E-state index contributed by atoms with van der Waals surface area (Å²) in [6.45, 7) is 0.837. The predicted molar refractivity (Wildman–Crippen MR) is 83.7 cm³/mol. The first-order valence-electron chi connectivity index (χ1n) is 6.38. The van der Waals surface area contributed by atoms with E-state index in [9.17, 15) is 4.79 Å². The van der Waals surface area contributed by atoms with Gasteiger partial charge >= 0.3 is 0 Å². The SMILES string of the molecule is CSc1ccc(Cl)c(C(=O)NCc2cnn(CCO)c2)c1. The topological polar surface area (TPSA) is 67.2 Å². The lowest BCUT2D eigenvalue weighted by atomic mass is 10.2. The lowest BCUT2D eigenvalue weighted by Gasteiger charge is -2.07. The van der Waals surface area contributed by atoms with Gasteiger partial charge in [0.25, 0.3) is 5.91 Å².